The fourth-order valence-electron chi connectivity index (χ4n) is 2.99. The van der Waals surface area contributed by atoms with Crippen LogP contribution in [0.25, 0.3) is 0 Å². The zero-order chi connectivity index (χ0) is 10.9. The average molecular weight is 208 g/mol. The second-order valence-corrected chi connectivity index (χ2v) is 5.09. The fraction of sp³-hybridized carbons (Fsp3) is 0.692. The van der Waals surface area contributed by atoms with Crippen molar-refractivity contribution >= 4 is 0 Å². The molecule has 1 saturated heterocycles. The lowest BCUT2D eigenvalue weighted by Crippen LogP contribution is -2.42. The van der Waals surface area contributed by atoms with Gasteiger partial charge in [0.15, 0.2) is 6.29 Å². The van der Waals surface area contributed by atoms with Crippen LogP contribution >= 0.6 is 0 Å². The Balaban J connectivity index is 2.02. The number of fused-ring (bicyclic) bond motifs is 2. The van der Waals surface area contributed by atoms with Crippen LogP contribution in [0.3, 0.4) is 0 Å². The van der Waals surface area contributed by atoms with Crippen LogP contribution in [0, 0.1) is 11.3 Å². The highest BCUT2D eigenvalue weighted by Gasteiger charge is 2.41. The quantitative estimate of drug-likeness (QED) is 0.523. The second kappa shape index (κ2) is 4.01. The van der Waals surface area contributed by atoms with E-state index in [1.54, 1.807) is 0 Å². The van der Waals surface area contributed by atoms with Crippen LogP contribution in [0.1, 0.15) is 32.6 Å². The van der Waals surface area contributed by atoms with E-state index in [0.29, 0.717) is 12.0 Å². The lowest BCUT2D eigenvalue weighted by atomic mass is 9.68. The Morgan fingerprint density at radius 3 is 2.73 bits per heavy atom. The Morgan fingerprint density at radius 1 is 1.33 bits per heavy atom. The van der Waals surface area contributed by atoms with Crippen LogP contribution in [-0.2, 0) is 9.47 Å². The van der Waals surface area contributed by atoms with Crippen molar-refractivity contribution in [2.75, 3.05) is 0 Å². The van der Waals surface area contributed by atoms with E-state index in [1.165, 1.54) is 19.1 Å². The van der Waals surface area contributed by atoms with Gasteiger partial charge in [0, 0.05) is 6.42 Å². The molecule has 1 aliphatic heterocycles. The predicted octanol–water partition coefficient (Wildman–Crippen LogP) is 3.25. The maximum Gasteiger partial charge on any atom is 0.199 e. The normalized spacial score (nSPS) is 44.5. The van der Waals surface area contributed by atoms with Crippen LogP contribution in [0.5, 0.6) is 0 Å². The molecule has 2 heteroatoms. The summed E-state index contributed by atoms with van der Waals surface area (Å²) in [5.74, 6) is 0.713. The smallest absolute Gasteiger partial charge is 0.199 e. The van der Waals surface area contributed by atoms with Gasteiger partial charge in [-0.3, -0.25) is 0 Å². The van der Waals surface area contributed by atoms with Crippen molar-refractivity contribution in [3.8, 4) is 0 Å². The van der Waals surface area contributed by atoms with Crippen molar-refractivity contribution in [1.29, 1.82) is 0 Å². The van der Waals surface area contributed by atoms with E-state index in [2.05, 4.69) is 26.2 Å². The van der Waals surface area contributed by atoms with Gasteiger partial charge in [0.1, 0.15) is 0 Å². The first-order valence-electron chi connectivity index (χ1n) is 5.70. The van der Waals surface area contributed by atoms with E-state index in [0.717, 1.165) is 12.8 Å². The van der Waals surface area contributed by atoms with Gasteiger partial charge < -0.3 is 9.47 Å². The Morgan fingerprint density at radius 2 is 2.13 bits per heavy atom. The maximum atomic E-state index is 5.85. The molecule has 0 spiro atoms. The third kappa shape index (κ3) is 2.25. The molecule has 0 aromatic rings. The van der Waals surface area contributed by atoms with Crippen molar-refractivity contribution < 1.29 is 9.47 Å². The molecule has 1 aliphatic carbocycles. The summed E-state index contributed by atoms with van der Waals surface area (Å²) < 4.78 is 11.2. The summed E-state index contributed by atoms with van der Waals surface area (Å²) in [5.41, 5.74) is 0.257. The zero-order valence-corrected chi connectivity index (χ0v) is 9.45. The highest BCUT2D eigenvalue weighted by molar-refractivity contribution is 4.99. The van der Waals surface area contributed by atoms with Gasteiger partial charge in [0.25, 0.3) is 0 Å². The summed E-state index contributed by atoms with van der Waals surface area (Å²) in [6.07, 6.45) is 8.30. The van der Waals surface area contributed by atoms with Gasteiger partial charge in [0.2, 0.25) is 0 Å². The van der Waals surface area contributed by atoms with Crippen LogP contribution in [0.4, 0.5) is 0 Å². The van der Waals surface area contributed by atoms with Crippen LogP contribution in [-0.4, -0.2) is 12.4 Å². The molecule has 0 N–H and O–H groups in total. The first kappa shape index (κ1) is 10.7. The Kier molecular flexibility index (Phi) is 2.87. The van der Waals surface area contributed by atoms with Crippen molar-refractivity contribution in [2.45, 2.75) is 45.0 Å². The number of hydrogen-bond donors (Lipinski definition) is 0. The number of rotatable bonds is 3. The van der Waals surface area contributed by atoms with Crippen LogP contribution in [0.15, 0.2) is 25.5 Å². The molecule has 0 aromatic carbocycles. The molecule has 4 unspecified atom stereocenters. The number of allylic oxidation sites excluding steroid dienone is 1. The largest absolute Gasteiger partial charge is 0.473 e. The molecule has 4 atom stereocenters. The maximum absolute atomic E-state index is 5.85. The molecular weight excluding hydrogens is 188 g/mol. The van der Waals surface area contributed by atoms with E-state index in [4.69, 9.17) is 9.47 Å². The molecule has 2 rings (SSSR count). The van der Waals surface area contributed by atoms with Gasteiger partial charge in [-0.1, -0.05) is 19.6 Å². The highest BCUT2D eigenvalue weighted by atomic mass is 16.7. The van der Waals surface area contributed by atoms with E-state index < -0.39 is 0 Å². The highest BCUT2D eigenvalue weighted by Crippen LogP contribution is 2.46. The third-order valence-corrected chi connectivity index (χ3v) is 3.66. The molecule has 2 bridgehead atoms. The third-order valence-electron chi connectivity index (χ3n) is 3.66. The van der Waals surface area contributed by atoms with Gasteiger partial charge in [-0.2, -0.15) is 0 Å². The molecular formula is C13H20O2. The lowest BCUT2D eigenvalue weighted by Gasteiger charge is -2.45. The zero-order valence-electron chi connectivity index (χ0n) is 9.45. The minimum absolute atomic E-state index is 0.0689. The van der Waals surface area contributed by atoms with Crippen molar-refractivity contribution in [2.24, 2.45) is 11.3 Å². The predicted molar refractivity (Wildman–Crippen MR) is 60.2 cm³/mol. The molecule has 2 aliphatic rings. The van der Waals surface area contributed by atoms with E-state index >= 15 is 0 Å². The summed E-state index contributed by atoms with van der Waals surface area (Å²) in [6, 6.07) is 0. The van der Waals surface area contributed by atoms with E-state index in [1.807, 2.05) is 0 Å². The van der Waals surface area contributed by atoms with Crippen LogP contribution in [0.2, 0.25) is 0 Å². The topological polar surface area (TPSA) is 18.5 Å². The SMILES string of the molecule is C=COC1CC2CC(CC(C)(C=C)C2)O1. The summed E-state index contributed by atoms with van der Waals surface area (Å²) in [7, 11) is 0. The second-order valence-electron chi connectivity index (χ2n) is 5.09. The molecule has 0 radical (unpaired) electrons. The van der Waals surface area contributed by atoms with Crippen LogP contribution < -0.4 is 0 Å². The minimum Gasteiger partial charge on any atom is -0.473 e. The van der Waals surface area contributed by atoms with E-state index in [-0.39, 0.29) is 11.7 Å². The first-order valence-corrected chi connectivity index (χ1v) is 5.70. The Bertz CT molecular complexity index is 245. The van der Waals surface area contributed by atoms with E-state index in [9.17, 15) is 0 Å². The van der Waals surface area contributed by atoms with Crippen molar-refractivity contribution in [3.63, 3.8) is 0 Å². The van der Waals surface area contributed by atoms with Crippen molar-refractivity contribution in [1.82, 2.24) is 0 Å². The minimum atomic E-state index is -0.0689. The molecule has 0 aromatic heterocycles. The van der Waals surface area contributed by atoms with Gasteiger partial charge in [-0.05, 0) is 30.6 Å². The standard InChI is InChI=1S/C13H20O2/c1-4-13(3)8-10-6-11(9-13)15-12(7-10)14-5-2/h4-5,10-12H,1-2,6-9H2,3H3. The molecule has 15 heavy (non-hydrogen) atoms. The monoisotopic (exact) mass is 208 g/mol. The number of hydrogen-bond acceptors (Lipinski definition) is 2. The van der Waals surface area contributed by atoms with Gasteiger partial charge in [-0.25, -0.2) is 0 Å². The summed E-state index contributed by atoms with van der Waals surface area (Å²) in [4.78, 5) is 0. The van der Waals surface area contributed by atoms with Gasteiger partial charge in [-0.15, -0.1) is 6.58 Å². The molecule has 2 fully saturated rings. The molecule has 1 saturated carbocycles. The molecule has 0 amide bonds. The Hall–Kier alpha value is -0.760. The Labute approximate surface area is 92.0 Å². The van der Waals surface area contributed by atoms with Gasteiger partial charge in [0.05, 0.1) is 12.4 Å². The average Bonchev–Trinajstić information content (AvgIpc) is 2.16. The van der Waals surface area contributed by atoms with Crippen molar-refractivity contribution in [3.05, 3.63) is 25.5 Å². The molecule has 1 heterocycles. The molecule has 2 nitrogen and oxygen atoms in total. The van der Waals surface area contributed by atoms with Gasteiger partial charge >= 0.3 is 0 Å². The summed E-state index contributed by atoms with van der Waals surface area (Å²) in [5, 5.41) is 0. The molecule has 84 valence electrons. The first-order chi connectivity index (χ1) is 7.15. The summed E-state index contributed by atoms with van der Waals surface area (Å²) >= 11 is 0. The lowest BCUT2D eigenvalue weighted by molar-refractivity contribution is -0.203. The fourth-order valence-corrected chi connectivity index (χ4v) is 2.99. The number of ether oxygens (including phenoxy) is 2. The summed E-state index contributed by atoms with van der Waals surface area (Å²) in [6.45, 7) is 9.79.